The van der Waals surface area contributed by atoms with Crippen LogP contribution >= 0.6 is 0 Å². The summed E-state index contributed by atoms with van der Waals surface area (Å²) < 4.78 is 1.50. The average molecular weight is 349 g/mol. The summed E-state index contributed by atoms with van der Waals surface area (Å²) in [5, 5.41) is 12.9. The van der Waals surface area contributed by atoms with Crippen molar-refractivity contribution in [1.82, 2.24) is 20.4 Å². The number of rotatable bonds is 6. The molecule has 0 aromatic carbocycles. The van der Waals surface area contributed by atoms with Gasteiger partial charge in [0.05, 0.1) is 18.4 Å². The number of carbonyl (C=O) groups is 2. The zero-order valence-electron chi connectivity index (χ0n) is 15.8. The predicted octanol–water partition coefficient (Wildman–Crippen LogP) is 1.76. The minimum atomic E-state index is -0.131. The van der Waals surface area contributed by atoms with Gasteiger partial charge in [0.1, 0.15) is 6.54 Å². The average Bonchev–Trinajstić information content (AvgIpc) is 2.99. The van der Waals surface area contributed by atoms with Crippen molar-refractivity contribution < 1.29 is 9.59 Å². The summed E-state index contributed by atoms with van der Waals surface area (Å²) in [5.41, 5.74) is 0.849. The monoisotopic (exact) mass is 349 g/mol. The SMILES string of the molecule is CNC(=O)Cn1cc(NC(=O)CN[C@H]2CCCC[C@H]2C(C)(C)C)cn1. The van der Waals surface area contributed by atoms with Gasteiger partial charge in [-0.05, 0) is 24.2 Å². The van der Waals surface area contributed by atoms with Gasteiger partial charge >= 0.3 is 0 Å². The first-order valence-electron chi connectivity index (χ1n) is 9.06. The van der Waals surface area contributed by atoms with E-state index in [-0.39, 0.29) is 30.3 Å². The molecular weight excluding hydrogens is 318 g/mol. The Balaban J connectivity index is 1.83. The second kappa shape index (κ2) is 8.47. The summed E-state index contributed by atoms with van der Waals surface area (Å²) in [4.78, 5) is 23.5. The number of likely N-dealkylation sites (N-methyl/N-ethyl adjacent to an activating group) is 1. The maximum atomic E-state index is 12.2. The molecule has 1 fully saturated rings. The highest BCUT2D eigenvalue weighted by atomic mass is 16.2. The zero-order chi connectivity index (χ0) is 18.4. The van der Waals surface area contributed by atoms with Crippen LogP contribution in [0.2, 0.25) is 0 Å². The van der Waals surface area contributed by atoms with E-state index < -0.39 is 0 Å². The molecule has 0 unspecified atom stereocenters. The smallest absolute Gasteiger partial charge is 0.241 e. The topological polar surface area (TPSA) is 88.0 Å². The van der Waals surface area contributed by atoms with Gasteiger partial charge in [-0.2, -0.15) is 5.10 Å². The standard InChI is InChI=1S/C18H31N5O2/c1-18(2,3)14-7-5-6-8-15(14)20-10-16(24)22-13-9-21-23(11-13)12-17(25)19-4/h9,11,14-15,20H,5-8,10,12H2,1-4H3,(H,19,25)(H,22,24)/t14-,15+/m1/s1. The lowest BCUT2D eigenvalue weighted by Gasteiger charge is -2.40. The summed E-state index contributed by atoms with van der Waals surface area (Å²) in [6, 6.07) is 0.385. The molecule has 0 bridgehead atoms. The molecule has 1 aliphatic carbocycles. The predicted molar refractivity (Wildman–Crippen MR) is 98.1 cm³/mol. The van der Waals surface area contributed by atoms with Crippen molar-refractivity contribution in [2.75, 3.05) is 18.9 Å². The number of amides is 2. The van der Waals surface area contributed by atoms with E-state index in [1.54, 1.807) is 19.4 Å². The van der Waals surface area contributed by atoms with Gasteiger partial charge in [-0.1, -0.05) is 33.6 Å². The Morgan fingerprint density at radius 2 is 1.96 bits per heavy atom. The number of nitrogens with one attached hydrogen (secondary N) is 3. The molecule has 0 radical (unpaired) electrons. The van der Waals surface area contributed by atoms with E-state index in [4.69, 9.17) is 0 Å². The number of nitrogens with zero attached hydrogens (tertiary/aromatic N) is 2. The second-order valence-corrected chi connectivity index (χ2v) is 7.89. The van der Waals surface area contributed by atoms with Crippen LogP contribution in [0.15, 0.2) is 12.4 Å². The van der Waals surface area contributed by atoms with Crippen molar-refractivity contribution in [3.05, 3.63) is 12.4 Å². The maximum absolute atomic E-state index is 12.2. The molecule has 3 N–H and O–H groups in total. The van der Waals surface area contributed by atoms with Gasteiger partial charge in [0.15, 0.2) is 0 Å². The van der Waals surface area contributed by atoms with E-state index in [0.717, 1.165) is 6.42 Å². The lowest BCUT2D eigenvalue weighted by atomic mass is 9.69. The Morgan fingerprint density at radius 3 is 2.64 bits per heavy atom. The van der Waals surface area contributed by atoms with Gasteiger partial charge in [0.2, 0.25) is 11.8 Å². The summed E-state index contributed by atoms with van der Waals surface area (Å²) >= 11 is 0. The van der Waals surface area contributed by atoms with E-state index in [1.807, 2.05) is 0 Å². The highest BCUT2D eigenvalue weighted by Gasteiger charge is 2.33. The molecule has 2 amide bonds. The third-order valence-electron chi connectivity index (χ3n) is 4.90. The normalized spacial score (nSPS) is 21.0. The largest absolute Gasteiger partial charge is 0.358 e. The Kier molecular flexibility index (Phi) is 6.58. The van der Waals surface area contributed by atoms with Crippen LogP contribution in [0.25, 0.3) is 0 Å². The van der Waals surface area contributed by atoms with Crippen LogP contribution < -0.4 is 16.0 Å². The number of aromatic nitrogens is 2. The summed E-state index contributed by atoms with van der Waals surface area (Å²) in [6.45, 7) is 7.26. The van der Waals surface area contributed by atoms with E-state index in [0.29, 0.717) is 17.6 Å². The first-order valence-corrected chi connectivity index (χ1v) is 9.06. The lowest BCUT2D eigenvalue weighted by molar-refractivity contribution is -0.121. The molecule has 0 aliphatic heterocycles. The summed E-state index contributed by atoms with van der Waals surface area (Å²) in [7, 11) is 1.58. The molecule has 1 aliphatic rings. The molecule has 2 rings (SSSR count). The van der Waals surface area contributed by atoms with Crippen molar-refractivity contribution in [2.24, 2.45) is 11.3 Å². The first kappa shape index (κ1) is 19.4. The van der Waals surface area contributed by atoms with Gasteiger partial charge < -0.3 is 16.0 Å². The van der Waals surface area contributed by atoms with Crippen LogP contribution in [0, 0.1) is 11.3 Å². The molecule has 1 heterocycles. The third kappa shape index (κ3) is 5.85. The molecule has 1 saturated carbocycles. The Morgan fingerprint density at radius 1 is 1.24 bits per heavy atom. The second-order valence-electron chi connectivity index (χ2n) is 7.89. The van der Waals surface area contributed by atoms with E-state index in [9.17, 15) is 9.59 Å². The van der Waals surface area contributed by atoms with Crippen molar-refractivity contribution in [2.45, 2.75) is 59.0 Å². The van der Waals surface area contributed by atoms with Crippen LogP contribution in [0.1, 0.15) is 46.5 Å². The third-order valence-corrected chi connectivity index (χ3v) is 4.90. The highest BCUT2D eigenvalue weighted by Crippen LogP contribution is 2.37. The fraction of sp³-hybridized carbons (Fsp3) is 0.722. The number of carbonyl (C=O) groups excluding carboxylic acids is 2. The zero-order valence-corrected chi connectivity index (χ0v) is 15.8. The van der Waals surface area contributed by atoms with Gasteiger partial charge in [0, 0.05) is 19.3 Å². The van der Waals surface area contributed by atoms with E-state index >= 15 is 0 Å². The van der Waals surface area contributed by atoms with Crippen LogP contribution in [-0.4, -0.2) is 41.2 Å². The van der Waals surface area contributed by atoms with E-state index in [1.165, 1.54) is 23.9 Å². The number of hydrogen-bond acceptors (Lipinski definition) is 4. The van der Waals surface area contributed by atoms with Crippen LogP contribution in [-0.2, 0) is 16.1 Å². The van der Waals surface area contributed by atoms with Gasteiger partial charge in [-0.3, -0.25) is 14.3 Å². The number of hydrogen-bond donors (Lipinski definition) is 3. The van der Waals surface area contributed by atoms with E-state index in [2.05, 4.69) is 41.8 Å². The molecule has 0 saturated heterocycles. The molecule has 7 nitrogen and oxygen atoms in total. The fourth-order valence-electron chi connectivity index (χ4n) is 3.58. The van der Waals surface area contributed by atoms with Crippen molar-refractivity contribution in [3.8, 4) is 0 Å². The number of anilines is 1. The molecular formula is C18H31N5O2. The molecule has 0 spiro atoms. The lowest BCUT2D eigenvalue weighted by Crippen LogP contribution is -2.46. The molecule has 140 valence electrons. The molecule has 1 aromatic rings. The summed E-state index contributed by atoms with van der Waals surface area (Å²) in [5.74, 6) is 0.371. The quantitative estimate of drug-likeness (QED) is 0.730. The first-order chi connectivity index (χ1) is 11.8. The Labute approximate surface area is 149 Å². The molecule has 25 heavy (non-hydrogen) atoms. The van der Waals surface area contributed by atoms with Crippen molar-refractivity contribution in [1.29, 1.82) is 0 Å². The minimum absolute atomic E-state index is 0.0854. The van der Waals surface area contributed by atoms with Gasteiger partial charge in [-0.25, -0.2) is 0 Å². The van der Waals surface area contributed by atoms with Crippen LogP contribution in [0.4, 0.5) is 5.69 Å². The highest BCUT2D eigenvalue weighted by molar-refractivity contribution is 5.92. The fourth-order valence-corrected chi connectivity index (χ4v) is 3.58. The molecule has 2 atom stereocenters. The Hall–Kier alpha value is -1.89. The summed E-state index contributed by atoms with van der Waals surface area (Å²) in [6.07, 6.45) is 8.05. The van der Waals surface area contributed by atoms with Crippen LogP contribution in [0.5, 0.6) is 0 Å². The van der Waals surface area contributed by atoms with Crippen LogP contribution in [0.3, 0.4) is 0 Å². The van der Waals surface area contributed by atoms with Crippen molar-refractivity contribution >= 4 is 17.5 Å². The molecule has 7 heteroatoms. The van der Waals surface area contributed by atoms with Gasteiger partial charge in [0.25, 0.3) is 0 Å². The minimum Gasteiger partial charge on any atom is -0.358 e. The Bertz CT molecular complexity index is 591. The maximum Gasteiger partial charge on any atom is 0.241 e. The van der Waals surface area contributed by atoms with Gasteiger partial charge in [-0.15, -0.1) is 0 Å². The van der Waals surface area contributed by atoms with Crippen molar-refractivity contribution in [3.63, 3.8) is 0 Å². The molecule has 1 aromatic heterocycles.